The highest BCUT2D eigenvalue weighted by atomic mass is 35.5. The minimum atomic E-state index is -0.819. The molecule has 0 heterocycles. The van der Waals surface area contributed by atoms with Crippen molar-refractivity contribution in [2.24, 2.45) is 10.5 Å². The van der Waals surface area contributed by atoms with Crippen molar-refractivity contribution in [2.75, 3.05) is 12.4 Å². The number of hydrogen-bond donors (Lipinski definition) is 2. The molecular formula is C27H25ClN4O7. The van der Waals surface area contributed by atoms with E-state index in [2.05, 4.69) is 15.8 Å². The largest absolute Gasteiger partial charge is 0.496 e. The Kier molecular flexibility index (Phi) is 9.00. The van der Waals surface area contributed by atoms with Gasteiger partial charge in [-0.05, 0) is 48.5 Å². The molecule has 0 fully saturated rings. The molecule has 3 aromatic carbocycles. The molecule has 0 saturated carbocycles. The molecule has 0 saturated heterocycles. The average molecular weight is 553 g/mol. The number of benzene rings is 3. The van der Waals surface area contributed by atoms with Gasteiger partial charge in [0.15, 0.2) is 0 Å². The van der Waals surface area contributed by atoms with E-state index in [1.54, 1.807) is 39.0 Å². The van der Waals surface area contributed by atoms with Gasteiger partial charge in [0.05, 0.1) is 18.2 Å². The molecule has 3 rings (SSSR count). The summed E-state index contributed by atoms with van der Waals surface area (Å²) in [4.78, 5) is 48.1. The number of amides is 2. The lowest BCUT2D eigenvalue weighted by atomic mass is 9.95. The number of nitro benzene ring substituents is 1. The Morgan fingerprint density at radius 3 is 2.28 bits per heavy atom. The van der Waals surface area contributed by atoms with Gasteiger partial charge in [-0.15, -0.1) is 0 Å². The summed E-state index contributed by atoms with van der Waals surface area (Å²) < 4.78 is 10.6. The second-order valence-corrected chi connectivity index (χ2v) is 9.63. The van der Waals surface area contributed by atoms with Crippen LogP contribution < -0.4 is 20.2 Å². The van der Waals surface area contributed by atoms with Gasteiger partial charge in [-0.3, -0.25) is 19.7 Å². The Morgan fingerprint density at radius 1 is 1.00 bits per heavy atom. The van der Waals surface area contributed by atoms with E-state index < -0.39 is 22.2 Å². The van der Waals surface area contributed by atoms with Crippen LogP contribution in [0.1, 0.15) is 47.1 Å². The molecule has 2 amide bonds. The van der Waals surface area contributed by atoms with Crippen LogP contribution in [0.4, 0.5) is 11.4 Å². The SMILES string of the molecule is COc1ccc(Cl)cc1C(=O)Oc1ccc([N+](=O)[O-])cc1/C=N/NC(=O)c1ccc(NC(=O)C(C)(C)C)cc1. The summed E-state index contributed by atoms with van der Waals surface area (Å²) >= 11 is 5.99. The summed E-state index contributed by atoms with van der Waals surface area (Å²) in [5.41, 5.74) is 2.32. The molecule has 11 nitrogen and oxygen atoms in total. The molecule has 3 aromatic rings. The van der Waals surface area contributed by atoms with Gasteiger partial charge in [-0.25, -0.2) is 10.2 Å². The summed E-state index contributed by atoms with van der Waals surface area (Å²) in [6, 6.07) is 14.1. The molecule has 2 N–H and O–H groups in total. The van der Waals surface area contributed by atoms with Crippen molar-refractivity contribution in [3.63, 3.8) is 0 Å². The number of hydrazone groups is 1. The second-order valence-electron chi connectivity index (χ2n) is 9.19. The van der Waals surface area contributed by atoms with Crippen molar-refractivity contribution in [1.82, 2.24) is 5.43 Å². The molecule has 12 heteroatoms. The quantitative estimate of drug-likeness (QED) is 0.128. The summed E-state index contributed by atoms with van der Waals surface area (Å²) in [7, 11) is 1.38. The fraction of sp³-hybridized carbons (Fsp3) is 0.185. The normalized spacial score (nSPS) is 11.1. The van der Waals surface area contributed by atoms with Crippen molar-refractivity contribution in [3.05, 3.63) is 92.5 Å². The minimum absolute atomic E-state index is 0.0432. The van der Waals surface area contributed by atoms with Crippen LogP contribution in [-0.4, -0.2) is 36.0 Å². The van der Waals surface area contributed by atoms with Crippen LogP contribution >= 0.6 is 11.6 Å². The number of non-ortho nitro benzene ring substituents is 1. The van der Waals surface area contributed by atoms with Crippen molar-refractivity contribution in [2.45, 2.75) is 20.8 Å². The topological polar surface area (TPSA) is 149 Å². The number of nitrogens with one attached hydrogen (secondary N) is 2. The monoisotopic (exact) mass is 552 g/mol. The van der Waals surface area contributed by atoms with Gasteiger partial charge in [-0.2, -0.15) is 5.10 Å². The average Bonchev–Trinajstić information content (AvgIpc) is 2.89. The Hall–Kier alpha value is -4.77. The Morgan fingerprint density at radius 2 is 1.67 bits per heavy atom. The Bertz CT molecular complexity index is 1450. The van der Waals surface area contributed by atoms with Crippen LogP contribution in [0, 0.1) is 15.5 Å². The third kappa shape index (κ3) is 7.62. The zero-order valence-electron chi connectivity index (χ0n) is 21.5. The first kappa shape index (κ1) is 28.8. The maximum absolute atomic E-state index is 12.8. The van der Waals surface area contributed by atoms with Gasteiger partial charge in [0.1, 0.15) is 17.1 Å². The number of esters is 1. The molecule has 0 spiro atoms. The van der Waals surface area contributed by atoms with E-state index in [1.165, 1.54) is 37.4 Å². The zero-order chi connectivity index (χ0) is 28.7. The number of hydrogen-bond acceptors (Lipinski definition) is 8. The number of nitro groups is 1. The molecule has 0 aliphatic heterocycles. The van der Waals surface area contributed by atoms with Crippen molar-refractivity contribution < 1.29 is 28.8 Å². The van der Waals surface area contributed by atoms with E-state index in [4.69, 9.17) is 21.1 Å². The van der Waals surface area contributed by atoms with Crippen LogP contribution in [0.25, 0.3) is 0 Å². The first-order chi connectivity index (χ1) is 18.4. The number of anilines is 1. The number of nitrogens with zero attached hydrogens (tertiary/aromatic N) is 2. The lowest BCUT2D eigenvalue weighted by Gasteiger charge is -2.17. The number of methoxy groups -OCH3 is 1. The first-order valence-corrected chi connectivity index (χ1v) is 11.9. The summed E-state index contributed by atoms with van der Waals surface area (Å²) in [6.45, 7) is 5.35. The van der Waals surface area contributed by atoms with Gasteiger partial charge in [0, 0.05) is 39.4 Å². The summed E-state index contributed by atoms with van der Waals surface area (Å²) in [5.74, 6) is -1.40. The van der Waals surface area contributed by atoms with E-state index in [1.807, 2.05) is 0 Å². The van der Waals surface area contributed by atoms with Gasteiger partial charge in [-0.1, -0.05) is 32.4 Å². The minimum Gasteiger partial charge on any atom is -0.496 e. The third-order valence-electron chi connectivity index (χ3n) is 5.24. The molecule has 0 unspecified atom stereocenters. The maximum Gasteiger partial charge on any atom is 0.347 e. The number of ether oxygens (including phenoxy) is 2. The fourth-order valence-electron chi connectivity index (χ4n) is 3.09. The van der Waals surface area contributed by atoms with Gasteiger partial charge in [0.25, 0.3) is 11.6 Å². The molecule has 202 valence electrons. The molecule has 0 bridgehead atoms. The molecule has 0 aliphatic rings. The predicted octanol–water partition coefficient (Wildman–Crippen LogP) is 5.22. The van der Waals surface area contributed by atoms with Crippen LogP contribution in [-0.2, 0) is 4.79 Å². The molecule has 0 aliphatic carbocycles. The first-order valence-electron chi connectivity index (χ1n) is 11.5. The smallest absolute Gasteiger partial charge is 0.347 e. The fourth-order valence-corrected chi connectivity index (χ4v) is 3.26. The zero-order valence-corrected chi connectivity index (χ0v) is 22.2. The Balaban J connectivity index is 1.77. The summed E-state index contributed by atoms with van der Waals surface area (Å²) in [5, 5.41) is 18.2. The third-order valence-corrected chi connectivity index (χ3v) is 5.48. The van der Waals surface area contributed by atoms with E-state index >= 15 is 0 Å². The van der Waals surface area contributed by atoms with Crippen LogP contribution in [0.5, 0.6) is 11.5 Å². The highest BCUT2D eigenvalue weighted by molar-refractivity contribution is 6.31. The van der Waals surface area contributed by atoms with Crippen molar-refractivity contribution in [1.29, 1.82) is 0 Å². The van der Waals surface area contributed by atoms with Crippen LogP contribution in [0.2, 0.25) is 5.02 Å². The standard InChI is InChI=1S/C27H25ClN4O7/c1-27(2,3)26(35)30-19-8-5-16(6-9-19)24(33)31-29-15-17-13-20(32(36)37)10-12-22(17)39-25(34)21-14-18(28)7-11-23(21)38-4/h5-15H,1-4H3,(H,30,35)(H,31,33)/b29-15+. The van der Waals surface area contributed by atoms with Crippen molar-refractivity contribution in [3.8, 4) is 11.5 Å². The van der Waals surface area contributed by atoms with E-state index in [0.717, 1.165) is 18.3 Å². The van der Waals surface area contributed by atoms with E-state index in [-0.39, 0.29) is 44.8 Å². The molecule has 0 radical (unpaired) electrons. The molecular weight excluding hydrogens is 528 g/mol. The number of halogens is 1. The molecule has 39 heavy (non-hydrogen) atoms. The number of carbonyl (C=O) groups is 3. The number of rotatable bonds is 8. The van der Waals surface area contributed by atoms with Crippen LogP contribution in [0.3, 0.4) is 0 Å². The lowest BCUT2D eigenvalue weighted by molar-refractivity contribution is -0.384. The predicted molar refractivity (Wildman–Crippen MR) is 146 cm³/mol. The van der Waals surface area contributed by atoms with Crippen molar-refractivity contribution >= 4 is 47.0 Å². The van der Waals surface area contributed by atoms with Gasteiger partial charge in [0.2, 0.25) is 5.91 Å². The van der Waals surface area contributed by atoms with Crippen LogP contribution in [0.15, 0.2) is 65.8 Å². The highest BCUT2D eigenvalue weighted by Gasteiger charge is 2.21. The lowest BCUT2D eigenvalue weighted by Crippen LogP contribution is -2.27. The Labute approximate surface area is 228 Å². The highest BCUT2D eigenvalue weighted by Crippen LogP contribution is 2.27. The van der Waals surface area contributed by atoms with E-state index in [0.29, 0.717) is 5.69 Å². The maximum atomic E-state index is 12.8. The number of carbonyl (C=O) groups excluding carboxylic acids is 3. The van der Waals surface area contributed by atoms with Gasteiger partial charge >= 0.3 is 5.97 Å². The van der Waals surface area contributed by atoms with E-state index in [9.17, 15) is 24.5 Å². The molecule has 0 aromatic heterocycles. The van der Waals surface area contributed by atoms with Gasteiger partial charge < -0.3 is 14.8 Å². The summed E-state index contributed by atoms with van der Waals surface area (Å²) in [6.07, 6.45) is 1.11. The second kappa shape index (κ2) is 12.2. The molecule has 0 atom stereocenters.